The lowest BCUT2D eigenvalue weighted by Gasteiger charge is -2.34. The Bertz CT molecular complexity index is 759. The van der Waals surface area contributed by atoms with E-state index in [1.807, 2.05) is 13.0 Å². The van der Waals surface area contributed by atoms with Gasteiger partial charge in [-0.2, -0.15) is 0 Å². The number of nitrogen functional groups attached to an aromatic ring is 1. The fraction of sp³-hybridized carbons (Fsp3) is 0.350. The number of benzene rings is 2. The minimum Gasteiger partial charge on any atom is -0.398 e. The lowest BCUT2D eigenvalue weighted by atomic mass is 9.87. The van der Waals surface area contributed by atoms with Crippen LogP contribution in [0.3, 0.4) is 0 Å². The van der Waals surface area contributed by atoms with Gasteiger partial charge in [0.05, 0.1) is 6.10 Å². The number of aliphatic hydroxyl groups is 1. The number of aryl methyl sites for hydroxylation is 1. The zero-order chi connectivity index (χ0) is 18.0. The number of hydrogen-bond acceptors (Lipinski definition) is 3. The molecule has 1 atom stereocenters. The normalized spacial score (nSPS) is 16.0. The van der Waals surface area contributed by atoms with Crippen molar-refractivity contribution in [1.82, 2.24) is 4.90 Å². The van der Waals surface area contributed by atoms with Crippen molar-refractivity contribution in [3.05, 3.63) is 65.0 Å². The van der Waals surface area contributed by atoms with Gasteiger partial charge in [0.15, 0.2) is 0 Å². The minimum atomic E-state index is -0.632. The van der Waals surface area contributed by atoms with Crippen LogP contribution < -0.4 is 5.73 Å². The summed E-state index contributed by atoms with van der Waals surface area (Å²) in [4.78, 5) is 14.4. The zero-order valence-electron chi connectivity index (χ0n) is 14.7. The van der Waals surface area contributed by atoms with Gasteiger partial charge in [0, 0.05) is 24.3 Å². The Morgan fingerprint density at radius 1 is 1.19 bits per heavy atom. The van der Waals surface area contributed by atoms with E-state index in [0.29, 0.717) is 37.2 Å². The number of nitrogens with zero attached hydrogens (tertiary/aromatic N) is 1. The maximum atomic E-state index is 13.0. The summed E-state index contributed by atoms with van der Waals surface area (Å²) in [6.07, 6.45) is 0.796. The topological polar surface area (TPSA) is 66.6 Å². The summed E-state index contributed by atoms with van der Waals surface area (Å²) in [5, 5.41) is 10.5. The molecule has 0 aromatic heterocycles. The van der Waals surface area contributed by atoms with Crippen molar-refractivity contribution >= 4 is 24.0 Å². The number of aliphatic hydroxyl groups excluding tert-OH is 1. The summed E-state index contributed by atoms with van der Waals surface area (Å²) in [6.45, 7) is 3.09. The smallest absolute Gasteiger partial charge is 0.253 e. The summed E-state index contributed by atoms with van der Waals surface area (Å²) < 4.78 is 13.0. The number of carbonyl (C=O) groups is 1. The Morgan fingerprint density at radius 3 is 2.38 bits per heavy atom. The van der Waals surface area contributed by atoms with Crippen LogP contribution in [0.4, 0.5) is 10.1 Å². The van der Waals surface area contributed by atoms with E-state index in [1.54, 1.807) is 29.2 Å². The highest BCUT2D eigenvalue weighted by Gasteiger charge is 2.28. The standard InChI is InChI=1S/C20H23FN2O2.ClH/c1-13-2-3-16(12-18(13)22)20(25)23-10-8-15(9-11-23)19(24)14-4-6-17(21)7-5-14;/h2-7,12,15,19,24H,8-11,22H2,1H3;1H. The quantitative estimate of drug-likeness (QED) is 0.800. The number of piperidine rings is 1. The van der Waals surface area contributed by atoms with Gasteiger partial charge in [-0.25, -0.2) is 4.39 Å². The molecule has 26 heavy (non-hydrogen) atoms. The van der Waals surface area contributed by atoms with E-state index in [2.05, 4.69) is 0 Å². The monoisotopic (exact) mass is 378 g/mol. The molecule has 1 aliphatic heterocycles. The fourth-order valence-corrected chi connectivity index (χ4v) is 3.31. The summed E-state index contributed by atoms with van der Waals surface area (Å²) in [7, 11) is 0. The average Bonchev–Trinajstić information content (AvgIpc) is 2.63. The van der Waals surface area contributed by atoms with E-state index in [0.717, 1.165) is 11.1 Å². The maximum Gasteiger partial charge on any atom is 0.253 e. The molecule has 0 bridgehead atoms. The first-order chi connectivity index (χ1) is 12.0. The summed E-state index contributed by atoms with van der Waals surface area (Å²) >= 11 is 0. The Kier molecular flexibility index (Phi) is 6.62. The predicted molar refractivity (Wildman–Crippen MR) is 103 cm³/mol. The Morgan fingerprint density at radius 2 is 1.81 bits per heavy atom. The lowest BCUT2D eigenvalue weighted by molar-refractivity contribution is 0.0462. The Balaban J connectivity index is 0.00000243. The van der Waals surface area contributed by atoms with Crippen molar-refractivity contribution in [1.29, 1.82) is 0 Å². The SMILES string of the molecule is Cc1ccc(C(=O)N2CCC(C(O)c3ccc(F)cc3)CC2)cc1N.Cl. The molecule has 0 aliphatic carbocycles. The van der Waals surface area contributed by atoms with Crippen molar-refractivity contribution in [2.24, 2.45) is 5.92 Å². The second kappa shape index (κ2) is 8.52. The van der Waals surface area contributed by atoms with Crippen LogP contribution in [0.5, 0.6) is 0 Å². The predicted octanol–water partition coefficient (Wildman–Crippen LogP) is 3.72. The number of likely N-dealkylation sites (tertiary alicyclic amines) is 1. The van der Waals surface area contributed by atoms with Gasteiger partial charge >= 0.3 is 0 Å². The van der Waals surface area contributed by atoms with Crippen molar-refractivity contribution in [3.63, 3.8) is 0 Å². The molecule has 140 valence electrons. The molecule has 0 spiro atoms. The highest BCUT2D eigenvalue weighted by molar-refractivity contribution is 5.95. The van der Waals surface area contributed by atoms with E-state index < -0.39 is 6.10 Å². The number of rotatable bonds is 3. The van der Waals surface area contributed by atoms with E-state index in [1.165, 1.54) is 12.1 Å². The molecule has 1 amide bonds. The molecule has 3 rings (SSSR count). The van der Waals surface area contributed by atoms with Crippen LogP contribution in [-0.2, 0) is 0 Å². The highest BCUT2D eigenvalue weighted by Crippen LogP contribution is 2.31. The third-order valence-corrected chi connectivity index (χ3v) is 5.01. The molecule has 0 radical (unpaired) electrons. The van der Waals surface area contributed by atoms with Crippen LogP contribution in [0, 0.1) is 18.7 Å². The molecule has 1 heterocycles. The van der Waals surface area contributed by atoms with E-state index >= 15 is 0 Å². The number of amides is 1. The molecular weight excluding hydrogens is 355 g/mol. The van der Waals surface area contributed by atoms with Crippen LogP contribution in [0.1, 0.15) is 40.4 Å². The molecule has 1 saturated heterocycles. The van der Waals surface area contributed by atoms with Crippen LogP contribution in [0.2, 0.25) is 0 Å². The van der Waals surface area contributed by atoms with E-state index in [4.69, 9.17) is 5.73 Å². The van der Waals surface area contributed by atoms with Gasteiger partial charge in [-0.05, 0) is 61.1 Å². The summed E-state index contributed by atoms with van der Waals surface area (Å²) in [6, 6.07) is 11.3. The lowest BCUT2D eigenvalue weighted by Crippen LogP contribution is -2.39. The first kappa shape index (κ1) is 20.2. The van der Waals surface area contributed by atoms with E-state index in [-0.39, 0.29) is 30.0 Å². The van der Waals surface area contributed by atoms with Crippen LogP contribution in [-0.4, -0.2) is 29.0 Å². The molecule has 6 heteroatoms. The van der Waals surface area contributed by atoms with Crippen LogP contribution in [0.15, 0.2) is 42.5 Å². The number of hydrogen-bond donors (Lipinski definition) is 2. The molecule has 3 N–H and O–H groups in total. The van der Waals surface area contributed by atoms with E-state index in [9.17, 15) is 14.3 Å². The molecule has 0 saturated carbocycles. The van der Waals surface area contributed by atoms with Crippen molar-refractivity contribution < 1.29 is 14.3 Å². The minimum absolute atomic E-state index is 0. The Labute approximate surface area is 159 Å². The third kappa shape index (κ3) is 4.34. The second-order valence-corrected chi connectivity index (χ2v) is 6.70. The molecule has 2 aromatic rings. The molecule has 1 fully saturated rings. The third-order valence-electron chi connectivity index (χ3n) is 5.01. The molecule has 1 aliphatic rings. The number of nitrogens with two attached hydrogens (primary N) is 1. The first-order valence-electron chi connectivity index (χ1n) is 8.54. The molecule has 2 aromatic carbocycles. The molecule has 4 nitrogen and oxygen atoms in total. The number of halogens is 2. The van der Waals surface area contributed by atoms with Crippen LogP contribution in [0.25, 0.3) is 0 Å². The van der Waals surface area contributed by atoms with Crippen molar-refractivity contribution in [2.75, 3.05) is 18.8 Å². The maximum absolute atomic E-state index is 13.0. The van der Waals surface area contributed by atoms with Crippen LogP contribution >= 0.6 is 12.4 Å². The fourth-order valence-electron chi connectivity index (χ4n) is 3.31. The van der Waals surface area contributed by atoms with Gasteiger partial charge in [0.1, 0.15) is 5.82 Å². The average molecular weight is 379 g/mol. The molecule has 1 unspecified atom stereocenters. The largest absolute Gasteiger partial charge is 0.398 e. The summed E-state index contributed by atoms with van der Waals surface area (Å²) in [5.74, 6) is -0.271. The van der Waals surface area contributed by atoms with Gasteiger partial charge in [-0.15, -0.1) is 12.4 Å². The van der Waals surface area contributed by atoms with Gasteiger partial charge in [0.25, 0.3) is 5.91 Å². The second-order valence-electron chi connectivity index (χ2n) is 6.70. The first-order valence-corrected chi connectivity index (χ1v) is 8.54. The number of carbonyl (C=O) groups excluding carboxylic acids is 1. The zero-order valence-corrected chi connectivity index (χ0v) is 15.5. The summed E-state index contributed by atoms with van der Waals surface area (Å²) in [5.41, 5.74) is 8.79. The van der Waals surface area contributed by atoms with Gasteiger partial charge in [-0.3, -0.25) is 4.79 Å². The highest BCUT2D eigenvalue weighted by atomic mass is 35.5. The Hall–Kier alpha value is -2.11. The van der Waals surface area contributed by atoms with Gasteiger partial charge in [-0.1, -0.05) is 18.2 Å². The van der Waals surface area contributed by atoms with Gasteiger partial charge in [0.2, 0.25) is 0 Å². The van der Waals surface area contributed by atoms with Crippen molar-refractivity contribution in [2.45, 2.75) is 25.9 Å². The van der Waals surface area contributed by atoms with Gasteiger partial charge < -0.3 is 15.7 Å². The van der Waals surface area contributed by atoms with Crippen molar-refractivity contribution in [3.8, 4) is 0 Å². The number of anilines is 1. The molecular formula is C20H24ClFN2O2.